The van der Waals surface area contributed by atoms with E-state index in [1.54, 1.807) is 6.07 Å². The molecule has 2 aliphatic rings. The summed E-state index contributed by atoms with van der Waals surface area (Å²) in [6.07, 6.45) is 5.25. The van der Waals surface area contributed by atoms with E-state index in [0.29, 0.717) is 18.6 Å². The van der Waals surface area contributed by atoms with Gasteiger partial charge in [-0.25, -0.2) is 4.39 Å². The molecule has 0 radical (unpaired) electrons. The van der Waals surface area contributed by atoms with Crippen molar-refractivity contribution < 1.29 is 9.13 Å². The first-order valence-electron chi connectivity index (χ1n) is 8.12. The molecule has 4 heteroatoms. The van der Waals surface area contributed by atoms with Gasteiger partial charge in [0.05, 0.1) is 18.8 Å². The lowest BCUT2D eigenvalue weighted by Crippen LogP contribution is -2.49. The minimum absolute atomic E-state index is 0.0149. The van der Waals surface area contributed by atoms with E-state index in [4.69, 9.17) is 10.5 Å². The number of nitrogens with two attached hydrogens (primary N) is 1. The van der Waals surface area contributed by atoms with Crippen molar-refractivity contribution in [1.82, 2.24) is 0 Å². The quantitative estimate of drug-likeness (QED) is 0.927. The van der Waals surface area contributed by atoms with E-state index in [1.165, 1.54) is 6.42 Å². The Morgan fingerprint density at radius 1 is 1.43 bits per heavy atom. The fraction of sp³-hybridized carbons (Fsp3) is 0.647. The van der Waals surface area contributed by atoms with Crippen molar-refractivity contribution in [2.45, 2.75) is 57.2 Å². The summed E-state index contributed by atoms with van der Waals surface area (Å²) in [5.41, 5.74) is 7.87. The smallest absolute Gasteiger partial charge is 0.128 e. The third kappa shape index (κ3) is 2.92. The third-order valence-electron chi connectivity index (χ3n) is 4.88. The number of anilines is 1. The van der Waals surface area contributed by atoms with E-state index in [2.05, 4.69) is 4.90 Å². The van der Waals surface area contributed by atoms with Crippen LogP contribution in [0.15, 0.2) is 18.2 Å². The number of fused-ring (bicyclic) bond motifs is 1. The highest BCUT2D eigenvalue weighted by Gasteiger charge is 2.37. The van der Waals surface area contributed by atoms with Gasteiger partial charge in [-0.1, -0.05) is 13.0 Å². The zero-order chi connectivity index (χ0) is 14.8. The maximum absolute atomic E-state index is 14.3. The molecule has 0 spiro atoms. The molecule has 1 aromatic rings. The maximum atomic E-state index is 14.3. The molecule has 0 aromatic heterocycles. The summed E-state index contributed by atoms with van der Waals surface area (Å²) in [6.45, 7) is 3.63. The van der Waals surface area contributed by atoms with E-state index in [9.17, 15) is 4.39 Å². The minimum Gasteiger partial charge on any atom is -0.374 e. The SMILES string of the molecule is CCC(N)Cc1c(F)cccc1N1CCOC2CCCC21. The Hall–Kier alpha value is -1.13. The first kappa shape index (κ1) is 14.8. The number of nitrogens with zero attached hydrogens (tertiary/aromatic N) is 1. The largest absolute Gasteiger partial charge is 0.374 e. The summed E-state index contributed by atoms with van der Waals surface area (Å²) < 4.78 is 20.2. The molecule has 3 nitrogen and oxygen atoms in total. The Labute approximate surface area is 126 Å². The molecule has 1 heterocycles. The summed E-state index contributed by atoms with van der Waals surface area (Å²) in [4.78, 5) is 2.36. The molecular weight excluding hydrogens is 267 g/mol. The summed E-state index contributed by atoms with van der Waals surface area (Å²) in [5, 5.41) is 0. The average molecular weight is 292 g/mol. The topological polar surface area (TPSA) is 38.5 Å². The highest BCUT2D eigenvalue weighted by Crippen LogP contribution is 2.35. The Kier molecular flexibility index (Phi) is 4.45. The van der Waals surface area contributed by atoms with E-state index < -0.39 is 0 Å². The first-order chi connectivity index (χ1) is 10.2. The zero-order valence-corrected chi connectivity index (χ0v) is 12.7. The average Bonchev–Trinajstić information content (AvgIpc) is 2.97. The van der Waals surface area contributed by atoms with Crippen LogP contribution in [-0.4, -0.2) is 31.3 Å². The molecule has 21 heavy (non-hydrogen) atoms. The lowest BCUT2D eigenvalue weighted by Gasteiger charge is -2.40. The Morgan fingerprint density at radius 2 is 2.29 bits per heavy atom. The third-order valence-corrected chi connectivity index (χ3v) is 4.88. The predicted molar refractivity (Wildman–Crippen MR) is 83.1 cm³/mol. The van der Waals surface area contributed by atoms with Crippen LogP contribution < -0.4 is 10.6 Å². The number of ether oxygens (including phenoxy) is 1. The number of rotatable bonds is 4. The number of benzene rings is 1. The Bertz CT molecular complexity index is 494. The molecule has 3 atom stereocenters. The van der Waals surface area contributed by atoms with Gasteiger partial charge in [-0.15, -0.1) is 0 Å². The van der Waals surface area contributed by atoms with Gasteiger partial charge in [0.1, 0.15) is 5.82 Å². The number of halogens is 1. The van der Waals surface area contributed by atoms with Crippen molar-refractivity contribution in [3.63, 3.8) is 0 Å². The van der Waals surface area contributed by atoms with Crippen molar-refractivity contribution in [2.24, 2.45) is 5.73 Å². The first-order valence-corrected chi connectivity index (χ1v) is 8.12. The van der Waals surface area contributed by atoms with Crippen LogP contribution >= 0.6 is 0 Å². The van der Waals surface area contributed by atoms with Crippen molar-refractivity contribution in [2.75, 3.05) is 18.1 Å². The van der Waals surface area contributed by atoms with Crippen molar-refractivity contribution in [3.8, 4) is 0 Å². The van der Waals surface area contributed by atoms with Gasteiger partial charge in [-0.05, 0) is 44.2 Å². The lowest BCUT2D eigenvalue weighted by molar-refractivity contribution is 0.0255. The molecule has 1 saturated heterocycles. The molecule has 1 saturated carbocycles. The summed E-state index contributed by atoms with van der Waals surface area (Å²) in [7, 11) is 0. The Balaban J connectivity index is 1.91. The van der Waals surface area contributed by atoms with Gasteiger partial charge >= 0.3 is 0 Å². The molecule has 1 aromatic carbocycles. The second-order valence-electron chi connectivity index (χ2n) is 6.21. The fourth-order valence-corrected chi connectivity index (χ4v) is 3.65. The van der Waals surface area contributed by atoms with Crippen LogP contribution in [0.3, 0.4) is 0 Å². The molecule has 3 unspecified atom stereocenters. The van der Waals surface area contributed by atoms with Gasteiger partial charge in [0, 0.05) is 23.8 Å². The molecular formula is C17H25FN2O. The van der Waals surface area contributed by atoms with E-state index in [0.717, 1.165) is 43.7 Å². The summed E-state index contributed by atoms with van der Waals surface area (Å²) >= 11 is 0. The number of morpholine rings is 1. The second kappa shape index (κ2) is 6.32. The van der Waals surface area contributed by atoms with Crippen LogP contribution in [0.4, 0.5) is 10.1 Å². The van der Waals surface area contributed by atoms with E-state index in [1.807, 2.05) is 19.1 Å². The monoisotopic (exact) mass is 292 g/mol. The van der Waals surface area contributed by atoms with Gasteiger partial charge in [0.15, 0.2) is 0 Å². The second-order valence-corrected chi connectivity index (χ2v) is 6.21. The summed E-state index contributed by atoms with van der Waals surface area (Å²) in [6, 6.07) is 5.82. The van der Waals surface area contributed by atoms with Gasteiger partial charge in [0.2, 0.25) is 0 Å². The highest BCUT2D eigenvalue weighted by atomic mass is 19.1. The van der Waals surface area contributed by atoms with Crippen LogP contribution in [0, 0.1) is 5.82 Å². The molecule has 1 aliphatic heterocycles. The van der Waals surface area contributed by atoms with Crippen molar-refractivity contribution in [3.05, 3.63) is 29.6 Å². The molecule has 0 bridgehead atoms. The predicted octanol–water partition coefficient (Wildman–Crippen LogP) is 2.86. The zero-order valence-electron chi connectivity index (χ0n) is 12.7. The van der Waals surface area contributed by atoms with Crippen molar-refractivity contribution in [1.29, 1.82) is 0 Å². The van der Waals surface area contributed by atoms with Crippen LogP contribution in [0.5, 0.6) is 0 Å². The van der Waals surface area contributed by atoms with Crippen LogP contribution in [0.1, 0.15) is 38.2 Å². The van der Waals surface area contributed by atoms with Crippen LogP contribution in [0.25, 0.3) is 0 Å². The van der Waals surface area contributed by atoms with Crippen molar-refractivity contribution >= 4 is 5.69 Å². The normalized spacial score (nSPS) is 26.7. The van der Waals surface area contributed by atoms with Crippen LogP contribution in [0.2, 0.25) is 0 Å². The molecule has 116 valence electrons. The van der Waals surface area contributed by atoms with Gasteiger partial charge in [-0.3, -0.25) is 0 Å². The van der Waals surface area contributed by atoms with Gasteiger partial charge < -0.3 is 15.4 Å². The minimum atomic E-state index is -0.127. The fourth-order valence-electron chi connectivity index (χ4n) is 3.65. The molecule has 2 N–H and O–H groups in total. The van der Waals surface area contributed by atoms with E-state index in [-0.39, 0.29) is 11.9 Å². The van der Waals surface area contributed by atoms with E-state index >= 15 is 0 Å². The molecule has 1 aliphatic carbocycles. The van der Waals surface area contributed by atoms with Gasteiger partial charge in [0.25, 0.3) is 0 Å². The molecule has 2 fully saturated rings. The van der Waals surface area contributed by atoms with Gasteiger partial charge in [-0.2, -0.15) is 0 Å². The molecule has 0 amide bonds. The molecule has 3 rings (SSSR count). The summed E-state index contributed by atoms with van der Waals surface area (Å²) in [5.74, 6) is -0.127. The number of hydrogen-bond donors (Lipinski definition) is 1. The lowest BCUT2D eigenvalue weighted by atomic mass is 9.99. The number of hydrogen-bond acceptors (Lipinski definition) is 3. The Morgan fingerprint density at radius 3 is 3.10 bits per heavy atom. The standard InChI is InChI=1S/C17H25FN2O/c1-2-12(19)11-13-14(18)5-3-6-15(13)20-9-10-21-17-8-4-7-16(17)20/h3,5-6,12,16-17H,2,4,7-11,19H2,1H3. The highest BCUT2D eigenvalue weighted by molar-refractivity contribution is 5.56. The van der Waals surface area contributed by atoms with Crippen LogP contribution in [-0.2, 0) is 11.2 Å². The maximum Gasteiger partial charge on any atom is 0.128 e.